The molecule has 0 aromatic carbocycles. The van der Waals surface area contributed by atoms with Crippen LogP contribution >= 0.6 is 22.6 Å². The Morgan fingerprint density at radius 1 is 1.47 bits per heavy atom. The molecule has 1 aromatic heterocycles. The minimum absolute atomic E-state index is 0.0879. The molecule has 5 nitrogen and oxygen atoms in total. The Balaban J connectivity index is 3.34. The summed E-state index contributed by atoms with van der Waals surface area (Å²) in [7, 11) is -3.41. The lowest BCUT2D eigenvalue weighted by Gasteiger charge is -2.10. The van der Waals surface area contributed by atoms with E-state index in [0.717, 1.165) is 13.9 Å². The van der Waals surface area contributed by atoms with Crippen molar-refractivity contribution in [3.63, 3.8) is 0 Å². The van der Waals surface area contributed by atoms with Crippen LogP contribution in [0.25, 0.3) is 0 Å². The first kappa shape index (κ1) is 12.8. The van der Waals surface area contributed by atoms with Gasteiger partial charge in [0.15, 0.2) is 0 Å². The molecule has 1 heterocycles. The van der Waals surface area contributed by atoms with E-state index in [2.05, 4.69) is 5.10 Å². The van der Waals surface area contributed by atoms with Crippen LogP contribution in [0.1, 0.15) is 19.5 Å². The van der Waals surface area contributed by atoms with Gasteiger partial charge in [0.1, 0.15) is 0 Å². The highest BCUT2D eigenvalue weighted by atomic mass is 127. The average molecular weight is 344 g/mol. The highest BCUT2D eigenvalue weighted by Gasteiger charge is 2.21. The molecule has 86 valence electrons. The lowest BCUT2D eigenvalue weighted by molar-refractivity contribution is 0.227. The highest BCUT2D eigenvalue weighted by Crippen LogP contribution is 2.26. The maximum atomic E-state index is 11.4. The van der Waals surface area contributed by atoms with Gasteiger partial charge in [0.05, 0.1) is 21.6 Å². The standard InChI is InChI=1S/C8H13IN2O3S/c1-5(2)14-8-7(9)6(3)10-11(8)15(4,12)13/h5H,1-4H3. The molecule has 15 heavy (non-hydrogen) atoms. The molecule has 0 aliphatic rings. The number of hydrogen-bond donors (Lipinski definition) is 0. The third-order valence-electron chi connectivity index (χ3n) is 1.58. The van der Waals surface area contributed by atoms with Gasteiger partial charge in [-0.05, 0) is 43.4 Å². The summed E-state index contributed by atoms with van der Waals surface area (Å²) in [4.78, 5) is 0. The molecule has 0 N–H and O–H groups in total. The molecular formula is C8H13IN2O3S. The van der Waals surface area contributed by atoms with Crippen LogP contribution in [0.4, 0.5) is 0 Å². The monoisotopic (exact) mass is 344 g/mol. The van der Waals surface area contributed by atoms with E-state index in [0.29, 0.717) is 11.6 Å². The minimum Gasteiger partial charge on any atom is -0.474 e. The molecule has 1 aromatic rings. The van der Waals surface area contributed by atoms with Crippen molar-refractivity contribution >= 4 is 32.6 Å². The maximum Gasteiger partial charge on any atom is 0.254 e. The SMILES string of the molecule is Cc1nn(S(C)(=O)=O)c(OC(C)C)c1I. The normalized spacial score (nSPS) is 12.1. The predicted octanol–water partition coefficient (Wildman–Crippen LogP) is 1.39. The molecule has 0 aliphatic heterocycles. The number of hydrogen-bond acceptors (Lipinski definition) is 4. The maximum absolute atomic E-state index is 11.4. The molecule has 0 aliphatic carbocycles. The van der Waals surface area contributed by atoms with Gasteiger partial charge in [0, 0.05) is 0 Å². The van der Waals surface area contributed by atoms with Crippen LogP contribution in [0.3, 0.4) is 0 Å². The molecular weight excluding hydrogens is 331 g/mol. The fourth-order valence-electron chi connectivity index (χ4n) is 1.01. The lowest BCUT2D eigenvalue weighted by Crippen LogP contribution is -2.17. The van der Waals surface area contributed by atoms with Crippen molar-refractivity contribution in [3.8, 4) is 5.88 Å². The second-order valence-electron chi connectivity index (χ2n) is 3.48. The van der Waals surface area contributed by atoms with Crippen molar-refractivity contribution in [2.45, 2.75) is 26.9 Å². The fraction of sp³-hybridized carbons (Fsp3) is 0.625. The Labute approximate surface area is 103 Å². The van der Waals surface area contributed by atoms with Crippen molar-refractivity contribution in [3.05, 3.63) is 9.26 Å². The van der Waals surface area contributed by atoms with Gasteiger partial charge in [-0.1, -0.05) is 0 Å². The van der Waals surface area contributed by atoms with E-state index in [1.165, 1.54) is 0 Å². The number of rotatable bonds is 3. The molecule has 0 fully saturated rings. The first-order chi connectivity index (χ1) is 6.73. The highest BCUT2D eigenvalue weighted by molar-refractivity contribution is 14.1. The Kier molecular flexibility index (Phi) is 3.64. The van der Waals surface area contributed by atoms with E-state index >= 15 is 0 Å². The number of halogens is 1. The van der Waals surface area contributed by atoms with Crippen molar-refractivity contribution in [1.82, 2.24) is 9.19 Å². The number of aryl methyl sites for hydroxylation is 1. The van der Waals surface area contributed by atoms with Crippen molar-refractivity contribution < 1.29 is 13.2 Å². The third kappa shape index (κ3) is 2.83. The number of aromatic nitrogens is 2. The fourth-order valence-corrected chi connectivity index (χ4v) is 2.34. The van der Waals surface area contributed by atoms with E-state index in [1.54, 1.807) is 6.92 Å². The van der Waals surface area contributed by atoms with E-state index in [4.69, 9.17) is 4.74 Å². The summed E-state index contributed by atoms with van der Waals surface area (Å²) in [5.41, 5.74) is 0.650. The van der Waals surface area contributed by atoms with Gasteiger partial charge >= 0.3 is 0 Å². The topological polar surface area (TPSA) is 61.2 Å². The van der Waals surface area contributed by atoms with Crippen LogP contribution in [0, 0.1) is 10.5 Å². The summed E-state index contributed by atoms with van der Waals surface area (Å²) >= 11 is 2.03. The predicted molar refractivity (Wildman–Crippen MR) is 65.7 cm³/mol. The summed E-state index contributed by atoms with van der Waals surface area (Å²) in [5, 5.41) is 3.93. The second kappa shape index (κ2) is 4.28. The molecule has 7 heteroatoms. The largest absolute Gasteiger partial charge is 0.474 e. The molecule has 0 saturated carbocycles. The van der Waals surface area contributed by atoms with E-state index in [-0.39, 0.29) is 6.10 Å². The van der Waals surface area contributed by atoms with Gasteiger partial charge in [-0.15, -0.1) is 4.09 Å². The van der Waals surface area contributed by atoms with E-state index in [1.807, 2.05) is 36.4 Å². The Morgan fingerprint density at radius 2 is 2.00 bits per heavy atom. The molecule has 0 unspecified atom stereocenters. The first-order valence-electron chi connectivity index (χ1n) is 4.35. The Bertz CT molecular complexity index is 464. The van der Waals surface area contributed by atoms with Crippen LogP contribution in [-0.4, -0.2) is 30.0 Å². The number of ether oxygens (including phenoxy) is 1. The Morgan fingerprint density at radius 3 is 2.40 bits per heavy atom. The van der Waals surface area contributed by atoms with E-state index < -0.39 is 10.0 Å². The van der Waals surface area contributed by atoms with Gasteiger partial charge in [0.25, 0.3) is 10.0 Å². The molecule has 1 rings (SSSR count). The van der Waals surface area contributed by atoms with Gasteiger partial charge in [0.2, 0.25) is 5.88 Å². The van der Waals surface area contributed by atoms with Crippen molar-refractivity contribution in [2.75, 3.05) is 6.26 Å². The zero-order chi connectivity index (χ0) is 11.8. The molecule has 0 atom stereocenters. The molecule has 0 spiro atoms. The summed E-state index contributed by atoms with van der Waals surface area (Å²) in [6.45, 7) is 5.42. The van der Waals surface area contributed by atoms with Crippen LogP contribution in [0.2, 0.25) is 0 Å². The van der Waals surface area contributed by atoms with Crippen LogP contribution in [-0.2, 0) is 10.0 Å². The van der Waals surface area contributed by atoms with E-state index in [9.17, 15) is 8.42 Å². The van der Waals surface area contributed by atoms with Gasteiger partial charge < -0.3 is 4.74 Å². The summed E-state index contributed by atoms with van der Waals surface area (Å²) in [6, 6.07) is 0. The van der Waals surface area contributed by atoms with Crippen molar-refractivity contribution in [1.29, 1.82) is 0 Å². The van der Waals surface area contributed by atoms with Crippen LogP contribution < -0.4 is 4.74 Å². The molecule has 0 bridgehead atoms. The quantitative estimate of drug-likeness (QED) is 0.778. The molecule has 0 saturated heterocycles. The second-order valence-corrected chi connectivity index (χ2v) is 6.37. The molecule has 0 amide bonds. The zero-order valence-electron chi connectivity index (χ0n) is 8.98. The third-order valence-corrected chi connectivity index (χ3v) is 3.70. The van der Waals surface area contributed by atoms with Crippen molar-refractivity contribution in [2.24, 2.45) is 0 Å². The van der Waals surface area contributed by atoms with Gasteiger partial charge in [-0.2, -0.15) is 5.10 Å². The summed E-state index contributed by atoms with van der Waals surface area (Å²) < 4.78 is 29.9. The number of nitrogens with zero attached hydrogens (tertiary/aromatic N) is 2. The first-order valence-corrected chi connectivity index (χ1v) is 7.28. The van der Waals surface area contributed by atoms with Crippen LogP contribution in [0.15, 0.2) is 0 Å². The average Bonchev–Trinajstić information content (AvgIpc) is 2.30. The lowest BCUT2D eigenvalue weighted by atomic mass is 10.4. The van der Waals surface area contributed by atoms with Gasteiger partial charge in [-0.3, -0.25) is 0 Å². The minimum atomic E-state index is -3.41. The van der Waals surface area contributed by atoms with Crippen LogP contribution in [0.5, 0.6) is 5.88 Å². The summed E-state index contributed by atoms with van der Waals surface area (Å²) in [6.07, 6.45) is 1.01. The molecule has 0 radical (unpaired) electrons. The van der Waals surface area contributed by atoms with Gasteiger partial charge in [-0.25, -0.2) is 8.42 Å². The Hall–Kier alpha value is -0.310. The summed E-state index contributed by atoms with van der Waals surface area (Å²) in [5.74, 6) is 0.297. The smallest absolute Gasteiger partial charge is 0.254 e. The zero-order valence-corrected chi connectivity index (χ0v) is 12.0.